The van der Waals surface area contributed by atoms with Gasteiger partial charge in [-0.05, 0) is 31.5 Å². The van der Waals surface area contributed by atoms with Crippen LogP contribution in [-0.2, 0) is 27.5 Å². The standard InChI is InChI=1S/C19H18F2N2O3S3/c1-11-19(28-12(2)22-11)16-9-27-18(23-16)8-14(24)7-13-3-5-15(6-4-13)29(25,26)10-17(20)21/h3-6,9,17H,7-8,10H2,1-2H3. The van der Waals surface area contributed by atoms with E-state index < -0.39 is 22.0 Å². The van der Waals surface area contributed by atoms with E-state index in [4.69, 9.17) is 0 Å². The van der Waals surface area contributed by atoms with Crippen LogP contribution >= 0.6 is 22.7 Å². The van der Waals surface area contributed by atoms with Crippen molar-refractivity contribution in [3.05, 3.63) is 50.9 Å². The van der Waals surface area contributed by atoms with Crippen LogP contribution < -0.4 is 0 Å². The van der Waals surface area contributed by atoms with Crippen molar-refractivity contribution in [3.8, 4) is 10.6 Å². The Morgan fingerprint density at radius 1 is 1.10 bits per heavy atom. The van der Waals surface area contributed by atoms with Crippen molar-refractivity contribution in [2.45, 2.75) is 38.0 Å². The molecule has 0 fully saturated rings. The predicted molar refractivity (Wildman–Crippen MR) is 110 cm³/mol. The molecule has 0 aliphatic carbocycles. The van der Waals surface area contributed by atoms with E-state index in [0.29, 0.717) is 10.6 Å². The summed E-state index contributed by atoms with van der Waals surface area (Å²) in [6, 6.07) is 5.48. The number of ketones is 1. The molecule has 3 aromatic rings. The third-order valence-corrected chi connectivity index (χ3v) is 7.69. The number of Topliss-reactive ketones (excluding diaryl/α,β-unsaturated/α-hetero) is 1. The third kappa shape index (κ3) is 5.52. The van der Waals surface area contributed by atoms with Gasteiger partial charge >= 0.3 is 0 Å². The van der Waals surface area contributed by atoms with Crippen LogP contribution in [0, 0.1) is 13.8 Å². The van der Waals surface area contributed by atoms with E-state index in [1.54, 1.807) is 11.3 Å². The SMILES string of the molecule is Cc1nc(C)c(-c2csc(CC(=O)Cc3ccc(S(=O)(=O)CC(F)F)cc3)n2)s1. The lowest BCUT2D eigenvalue weighted by Gasteiger charge is -2.05. The monoisotopic (exact) mass is 456 g/mol. The van der Waals surface area contributed by atoms with Crippen molar-refractivity contribution < 1.29 is 22.0 Å². The fourth-order valence-corrected chi connectivity index (χ4v) is 5.64. The summed E-state index contributed by atoms with van der Waals surface area (Å²) in [5.41, 5.74) is 2.35. The van der Waals surface area contributed by atoms with Gasteiger partial charge < -0.3 is 0 Å². The molecule has 0 amide bonds. The molecule has 5 nitrogen and oxygen atoms in total. The quantitative estimate of drug-likeness (QED) is 0.506. The van der Waals surface area contributed by atoms with Gasteiger partial charge in [-0.2, -0.15) is 0 Å². The highest BCUT2D eigenvalue weighted by Gasteiger charge is 2.20. The van der Waals surface area contributed by atoms with Gasteiger partial charge in [-0.25, -0.2) is 27.2 Å². The van der Waals surface area contributed by atoms with Crippen LogP contribution in [0.1, 0.15) is 21.3 Å². The molecule has 0 saturated carbocycles. The summed E-state index contributed by atoms with van der Waals surface area (Å²) in [5, 5.41) is 3.57. The lowest BCUT2D eigenvalue weighted by molar-refractivity contribution is -0.117. The molecule has 0 radical (unpaired) electrons. The number of alkyl halides is 2. The fraction of sp³-hybridized carbons (Fsp3) is 0.316. The van der Waals surface area contributed by atoms with E-state index in [1.165, 1.54) is 35.6 Å². The second-order valence-electron chi connectivity index (χ2n) is 6.48. The van der Waals surface area contributed by atoms with Crippen LogP contribution in [-0.4, -0.2) is 36.3 Å². The molecule has 10 heteroatoms. The number of hydrogen-bond donors (Lipinski definition) is 0. The number of aryl methyl sites for hydroxylation is 2. The maximum absolute atomic E-state index is 12.4. The maximum atomic E-state index is 12.4. The van der Waals surface area contributed by atoms with E-state index in [1.807, 2.05) is 19.2 Å². The Bertz CT molecular complexity index is 1120. The number of benzene rings is 1. The Labute approximate surface area is 175 Å². The van der Waals surface area contributed by atoms with Gasteiger partial charge in [0.15, 0.2) is 9.84 Å². The van der Waals surface area contributed by atoms with Crippen molar-refractivity contribution in [2.75, 3.05) is 5.75 Å². The molecule has 3 rings (SSSR count). The minimum atomic E-state index is -4.03. The molecule has 0 spiro atoms. The number of rotatable bonds is 8. The number of nitrogens with zero attached hydrogens (tertiary/aromatic N) is 2. The first-order valence-electron chi connectivity index (χ1n) is 8.64. The smallest absolute Gasteiger partial charge is 0.252 e. The third-order valence-electron chi connectivity index (χ3n) is 4.07. The Hall–Kier alpha value is -2.04. The first-order valence-corrected chi connectivity index (χ1v) is 12.0. The molecular formula is C19H18F2N2O3S3. The predicted octanol–water partition coefficient (Wildman–Crippen LogP) is 4.28. The summed E-state index contributed by atoms with van der Waals surface area (Å²) in [4.78, 5) is 22.1. The number of carbonyl (C=O) groups is 1. The van der Waals surface area contributed by atoms with Crippen LogP contribution in [0.5, 0.6) is 0 Å². The number of sulfone groups is 1. The first-order chi connectivity index (χ1) is 13.6. The number of aromatic nitrogens is 2. The van der Waals surface area contributed by atoms with Gasteiger partial charge in [0.05, 0.1) is 32.6 Å². The van der Waals surface area contributed by atoms with Gasteiger partial charge in [-0.15, -0.1) is 22.7 Å². The van der Waals surface area contributed by atoms with E-state index in [-0.39, 0.29) is 23.5 Å². The molecule has 0 aliphatic rings. The molecule has 2 aromatic heterocycles. The highest BCUT2D eigenvalue weighted by Crippen LogP contribution is 2.30. The lowest BCUT2D eigenvalue weighted by atomic mass is 10.1. The minimum absolute atomic E-state index is 0.0636. The van der Waals surface area contributed by atoms with Crippen molar-refractivity contribution in [1.82, 2.24) is 9.97 Å². The molecule has 0 N–H and O–H groups in total. The van der Waals surface area contributed by atoms with Crippen LogP contribution in [0.4, 0.5) is 8.78 Å². The zero-order valence-corrected chi connectivity index (χ0v) is 18.1. The minimum Gasteiger partial charge on any atom is -0.299 e. The van der Waals surface area contributed by atoms with Crippen LogP contribution in [0.3, 0.4) is 0 Å². The Morgan fingerprint density at radius 2 is 1.79 bits per heavy atom. The summed E-state index contributed by atoms with van der Waals surface area (Å²) in [5.74, 6) is -1.28. The largest absolute Gasteiger partial charge is 0.299 e. The van der Waals surface area contributed by atoms with Gasteiger partial charge in [0, 0.05) is 11.8 Å². The summed E-state index contributed by atoms with van der Waals surface area (Å²) in [6.07, 6.45) is -2.64. The molecule has 154 valence electrons. The molecule has 29 heavy (non-hydrogen) atoms. The van der Waals surface area contributed by atoms with Crippen molar-refractivity contribution >= 4 is 38.3 Å². The molecule has 0 saturated heterocycles. The van der Waals surface area contributed by atoms with Gasteiger partial charge in [-0.1, -0.05) is 12.1 Å². The maximum Gasteiger partial charge on any atom is 0.252 e. The Balaban J connectivity index is 1.63. The summed E-state index contributed by atoms with van der Waals surface area (Å²) in [6.45, 7) is 3.86. The number of halogens is 2. The molecular weight excluding hydrogens is 438 g/mol. The molecule has 0 bridgehead atoms. The van der Waals surface area contributed by atoms with E-state index in [9.17, 15) is 22.0 Å². The highest BCUT2D eigenvalue weighted by molar-refractivity contribution is 7.91. The molecule has 0 atom stereocenters. The van der Waals surface area contributed by atoms with Gasteiger partial charge in [0.2, 0.25) is 0 Å². The topological polar surface area (TPSA) is 77.0 Å². The molecule has 2 heterocycles. The summed E-state index contributed by atoms with van der Waals surface area (Å²) >= 11 is 2.97. The summed E-state index contributed by atoms with van der Waals surface area (Å²) in [7, 11) is -4.03. The van der Waals surface area contributed by atoms with E-state index >= 15 is 0 Å². The number of hydrogen-bond acceptors (Lipinski definition) is 7. The van der Waals surface area contributed by atoms with Crippen LogP contribution in [0.15, 0.2) is 34.5 Å². The van der Waals surface area contributed by atoms with Gasteiger partial charge in [-0.3, -0.25) is 4.79 Å². The highest BCUT2D eigenvalue weighted by atomic mass is 32.2. The van der Waals surface area contributed by atoms with Crippen LogP contribution in [0.2, 0.25) is 0 Å². The molecule has 0 aliphatic heterocycles. The van der Waals surface area contributed by atoms with E-state index in [0.717, 1.165) is 21.3 Å². The number of thiazole rings is 2. The second-order valence-corrected chi connectivity index (χ2v) is 10.7. The summed E-state index contributed by atoms with van der Waals surface area (Å²) < 4.78 is 48.4. The Morgan fingerprint density at radius 3 is 2.38 bits per heavy atom. The fourth-order valence-electron chi connectivity index (χ4n) is 2.80. The second kappa shape index (κ2) is 8.76. The van der Waals surface area contributed by atoms with Gasteiger partial charge in [0.25, 0.3) is 6.43 Å². The zero-order chi connectivity index (χ0) is 21.2. The van der Waals surface area contributed by atoms with Crippen molar-refractivity contribution in [3.63, 3.8) is 0 Å². The normalized spacial score (nSPS) is 11.9. The van der Waals surface area contributed by atoms with E-state index in [2.05, 4.69) is 9.97 Å². The number of carbonyl (C=O) groups excluding carboxylic acids is 1. The van der Waals surface area contributed by atoms with Gasteiger partial charge in [0.1, 0.15) is 16.5 Å². The zero-order valence-electron chi connectivity index (χ0n) is 15.7. The van der Waals surface area contributed by atoms with Crippen LogP contribution in [0.25, 0.3) is 10.6 Å². The Kier molecular flexibility index (Phi) is 6.55. The lowest BCUT2D eigenvalue weighted by Crippen LogP contribution is -2.13. The van der Waals surface area contributed by atoms with Crippen molar-refractivity contribution in [2.24, 2.45) is 0 Å². The van der Waals surface area contributed by atoms with Crippen molar-refractivity contribution in [1.29, 1.82) is 0 Å². The molecule has 1 aromatic carbocycles. The average molecular weight is 457 g/mol. The molecule has 0 unspecified atom stereocenters. The first kappa shape index (κ1) is 21.7. The average Bonchev–Trinajstić information content (AvgIpc) is 3.19.